The van der Waals surface area contributed by atoms with E-state index in [1.807, 2.05) is 6.07 Å². The summed E-state index contributed by atoms with van der Waals surface area (Å²) in [5.74, 6) is -2.44. The third-order valence-electron chi connectivity index (χ3n) is 9.14. The Bertz CT molecular complexity index is 1710. The van der Waals surface area contributed by atoms with E-state index in [2.05, 4.69) is 32.8 Å². The number of aromatic hydroxyl groups is 1. The van der Waals surface area contributed by atoms with Crippen molar-refractivity contribution in [1.29, 1.82) is 0 Å². The van der Waals surface area contributed by atoms with E-state index in [-0.39, 0.29) is 25.0 Å². The molecule has 3 aromatic carbocycles. The van der Waals surface area contributed by atoms with Crippen LogP contribution in [0.1, 0.15) is 91.9 Å². The van der Waals surface area contributed by atoms with Crippen molar-refractivity contribution in [2.24, 2.45) is 0 Å². The first kappa shape index (κ1) is 41.1. The van der Waals surface area contributed by atoms with Gasteiger partial charge in [0, 0.05) is 36.7 Å². The fourth-order valence-electron chi connectivity index (χ4n) is 6.04. The van der Waals surface area contributed by atoms with Crippen LogP contribution in [0.4, 0.5) is 0 Å². The Balaban J connectivity index is 1.40. The number of rotatable bonds is 24. The number of carboxylic acids is 1. The Morgan fingerprint density at radius 2 is 1.26 bits per heavy atom. The lowest BCUT2D eigenvalue weighted by Gasteiger charge is -2.25. The highest BCUT2D eigenvalue weighted by molar-refractivity contribution is 5.98. The molecule has 1 heterocycles. The van der Waals surface area contributed by atoms with E-state index in [9.17, 15) is 29.4 Å². The number of aromatic amines is 1. The molecule has 3 atom stereocenters. The van der Waals surface area contributed by atoms with Gasteiger partial charge in [-0.3, -0.25) is 14.4 Å². The standard InChI is InChI=1S/C42H53N5O7/c1-2-3-4-5-6-7-8-9-13-24-54-35-22-18-32(19-23-35)39(49)45-37(27-33-28-43-29-44-33)41(51)46-36(25-31-16-20-34(48)21-17-31)40(50)47-38(42(52)53)26-30-14-11-10-12-15-30/h10-12,14-23,28-29,36-38,48H,2-9,13,24-27H2,1H3,(H,43,44)(H,45,49)(H,46,51)(H,47,50)(H,52,53)/t36-,37-,38-/m0/s1. The van der Waals surface area contributed by atoms with E-state index >= 15 is 0 Å². The summed E-state index contributed by atoms with van der Waals surface area (Å²) in [5, 5.41) is 27.8. The lowest BCUT2D eigenvalue weighted by atomic mass is 10.0. The predicted molar refractivity (Wildman–Crippen MR) is 206 cm³/mol. The van der Waals surface area contributed by atoms with E-state index in [4.69, 9.17) is 4.74 Å². The smallest absolute Gasteiger partial charge is 0.326 e. The number of ether oxygens (including phenoxy) is 1. The molecule has 0 saturated carbocycles. The van der Waals surface area contributed by atoms with Crippen LogP contribution < -0.4 is 20.7 Å². The summed E-state index contributed by atoms with van der Waals surface area (Å²) in [5.41, 5.74) is 2.21. The molecule has 12 nitrogen and oxygen atoms in total. The van der Waals surface area contributed by atoms with Crippen molar-refractivity contribution in [3.05, 3.63) is 114 Å². The van der Waals surface area contributed by atoms with Gasteiger partial charge in [0.25, 0.3) is 5.91 Å². The fourth-order valence-corrected chi connectivity index (χ4v) is 6.04. The lowest BCUT2D eigenvalue weighted by Crippen LogP contribution is -2.57. The molecule has 288 valence electrons. The Morgan fingerprint density at radius 3 is 1.87 bits per heavy atom. The number of phenols is 1. The van der Waals surface area contributed by atoms with Crippen LogP contribution in [0.25, 0.3) is 0 Å². The maximum Gasteiger partial charge on any atom is 0.326 e. The van der Waals surface area contributed by atoms with Crippen LogP contribution in [0, 0.1) is 0 Å². The molecule has 0 radical (unpaired) electrons. The average molecular weight is 740 g/mol. The number of carboxylic acid groups (broad SMARTS) is 1. The summed E-state index contributed by atoms with van der Waals surface area (Å²) < 4.78 is 5.89. The van der Waals surface area contributed by atoms with Crippen LogP contribution in [-0.2, 0) is 33.6 Å². The molecule has 12 heteroatoms. The van der Waals surface area contributed by atoms with Crippen LogP contribution in [0.15, 0.2) is 91.4 Å². The van der Waals surface area contributed by atoms with Crippen LogP contribution in [0.2, 0.25) is 0 Å². The summed E-state index contributed by atoms with van der Waals surface area (Å²) in [7, 11) is 0. The van der Waals surface area contributed by atoms with Gasteiger partial charge in [-0.2, -0.15) is 0 Å². The lowest BCUT2D eigenvalue weighted by molar-refractivity contribution is -0.142. The SMILES string of the molecule is CCCCCCCCCCCOc1ccc(C(=O)N[C@@H](Cc2cnc[nH]2)C(=O)N[C@@H](Cc2ccc(O)cc2)C(=O)N[C@@H](Cc2ccccc2)C(=O)O)cc1. The van der Waals surface area contributed by atoms with E-state index in [0.29, 0.717) is 34.7 Å². The van der Waals surface area contributed by atoms with Crippen molar-refractivity contribution in [2.45, 2.75) is 102 Å². The number of nitrogens with zero attached hydrogens (tertiary/aromatic N) is 1. The highest BCUT2D eigenvalue weighted by atomic mass is 16.5. The Labute approximate surface area is 317 Å². The second-order valence-electron chi connectivity index (χ2n) is 13.5. The molecular weight excluding hydrogens is 686 g/mol. The molecule has 0 saturated heterocycles. The maximum atomic E-state index is 13.9. The molecule has 4 rings (SSSR count). The monoisotopic (exact) mass is 739 g/mol. The average Bonchev–Trinajstić information content (AvgIpc) is 3.69. The number of aromatic nitrogens is 2. The Morgan fingerprint density at radius 1 is 0.685 bits per heavy atom. The number of nitrogens with one attached hydrogen (secondary N) is 4. The van der Waals surface area contributed by atoms with E-state index in [1.54, 1.807) is 60.7 Å². The molecule has 0 spiro atoms. The number of carbonyl (C=O) groups excluding carboxylic acids is 3. The Kier molecular flexibility index (Phi) is 17.1. The number of H-pyrrole nitrogens is 1. The van der Waals surface area contributed by atoms with E-state index in [0.717, 1.165) is 12.8 Å². The van der Waals surface area contributed by atoms with Gasteiger partial charge in [0.15, 0.2) is 0 Å². The van der Waals surface area contributed by atoms with Gasteiger partial charge in [-0.1, -0.05) is 101 Å². The summed E-state index contributed by atoms with van der Waals surface area (Å²) >= 11 is 0. The second kappa shape index (κ2) is 22.4. The summed E-state index contributed by atoms with van der Waals surface area (Å²) in [6.07, 6.45) is 14.0. The van der Waals surface area contributed by atoms with Gasteiger partial charge in [0.05, 0.1) is 12.9 Å². The van der Waals surface area contributed by atoms with Crippen LogP contribution >= 0.6 is 0 Å². The first-order valence-corrected chi connectivity index (χ1v) is 18.9. The van der Waals surface area contributed by atoms with Gasteiger partial charge in [0.2, 0.25) is 11.8 Å². The second-order valence-corrected chi connectivity index (χ2v) is 13.5. The summed E-state index contributed by atoms with van der Waals surface area (Å²) in [4.78, 5) is 60.2. The van der Waals surface area contributed by atoms with Crippen molar-refractivity contribution in [2.75, 3.05) is 6.61 Å². The molecule has 0 aliphatic carbocycles. The zero-order chi connectivity index (χ0) is 38.5. The number of carbonyl (C=O) groups is 4. The molecule has 54 heavy (non-hydrogen) atoms. The third-order valence-corrected chi connectivity index (χ3v) is 9.14. The van der Waals surface area contributed by atoms with Crippen molar-refractivity contribution < 1.29 is 34.1 Å². The highest BCUT2D eigenvalue weighted by Gasteiger charge is 2.30. The van der Waals surface area contributed by atoms with Crippen molar-refractivity contribution >= 4 is 23.7 Å². The number of unbranched alkanes of at least 4 members (excludes halogenated alkanes) is 8. The molecule has 0 unspecified atom stereocenters. The van der Waals surface area contributed by atoms with E-state index < -0.39 is 41.8 Å². The number of aliphatic carboxylic acids is 1. The fraction of sp³-hybridized carbons (Fsp3) is 0.405. The highest BCUT2D eigenvalue weighted by Crippen LogP contribution is 2.16. The van der Waals surface area contributed by atoms with Gasteiger partial charge in [-0.25, -0.2) is 9.78 Å². The molecule has 3 amide bonds. The van der Waals surface area contributed by atoms with Gasteiger partial charge >= 0.3 is 5.97 Å². The molecule has 4 aromatic rings. The topological polar surface area (TPSA) is 183 Å². The number of hydrogen-bond acceptors (Lipinski definition) is 7. The summed E-state index contributed by atoms with van der Waals surface area (Å²) in [6.45, 7) is 2.81. The van der Waals surface area contributed by atoms with Gasteiger partial charge in [0.1, 0.15) is 29.6 Å². The zero-order valence-corrected chi connectivity index (χ0v) is 31.0. The minimum Gasteiger partial charge on any atom is -0.508 e. The number of amides is 3. The molecule has 0 aliphatic heterocycles. The van der Waals surface area contributed by atoms with Crippen LogP contribution in [0.5, 0.6) is 11.5 Å². The van der Waals surface area contributed by atoms with E-state index in [1.165, 1.54) is 69.6 Å². The van der Waals surface area contributed by atoms with Crippen molar-refractivity contribution in [1.82, 2.24) is 25.9 Å². The number of benzene rings is 3. The first-order valence-electron chi connectivity index (χ1n) is 18.9. The number of imidazole rings is 1. The van der Waals surface area contributed by atoms with Crippen molar-refractivity contribution in [3.63, 3.8) is 0 Å². The zero-order valence-electron chi connectivity index (χ0n) is 31.0. The molecule has 0 fully saturated rings. The Hall–Kier alpha value is -5.65. The largest absolute Gasteiger partial charge is 0.508 e. The maximum absolute atomic E-state index is 13.9. The molecular formula is C42H53N5O7. The minimum atomic E-state index is -1.27. The van der Waals surface area contributed by atoms with Gasteiger partial charge in [-0.05, 0) is 53.9 Å². The minimum absolute atomic E-state index is 0.0131. The van der Waals surface area contributed by atoms with Crippen LogP contribution in [0.3, 0.4) is 0 Å². The van der Waals surface area contributed by atoms with Gasteiger partial charge in [-0.15, -0.1) is 0 Å². The number of phenolic OH excluding ortho intramolecular Hbond substituents is 1. The molecule has 1 aromatic heterocycles. The third kappa shape index (κ3) is 14.4. The predicted octanol–water partition coefficient (Wildman–Crippen LogP) is 5.91. The van der Waals surface area contributed by atoms with Crippen LogP contribution in [-0.4, -0.2) is 68.6 Å². The normalized spacial score (nSPS) is 12.6. The molecule has 0 aliphatic rings. The van der Waals surface area contributed by atoms with Gasteiger partial charge < -0.3 is 35.9 Å². The summed E-state index contributed by atoms with van der Waals surface area (Å²) in [6, 6.07) is 18.1. The first-order chi connectivity index (χ1) is 26.2. The quantitative estimate of drug-likeness (QED) is 0.0480. The number of hydrogen-bond donors (Lipinski definition) is 6. The molecule has 6 N–H and O–H groups in total. The molecule has 0 bridgehead atoms. The van der Waals surface area contributed by atoms with Crippen molar-refractivity contribution in [3.8, 4) is 11.5 Å².